The summed E-state index contributed by atoms with van der Waals surface area (Å²) in [5.74, 6) is 0.882. The maximum absolute atomic E-state index is 5.97. The number of hydrogen-bond donors (Lipinski definition) is 1. The van der Waals surface area contributed by atoms with Crippen molar-refractivity contribution in [3.05, 3.63) is 28.2 Å². The fourth-order valence-electron chi connectivity index (χ4n) is 2.45. The number of benzene rings is 1. The van der Waals surface area contributed by atoms with Crippen LogP contribution in [0.1, 0.15) is 32.6 Å². The molecule has 0 saturated heterocycles. The van der Waals surface area contributed by atoms with Gasteiger partial charge in [0.05, 0.1) is 0 Å². The van der Waals surface area contributed by atoms with Gasteiger partial charge in [-0.3, -0.25) is 0 Å². The molecule has 0 radical (unpaired) electrons. The van der Waals surface area contributed by atoms with E-state index in [4.69, 9.17) is 23.2 Å². The minimum Gasteiger partial charge on any atom is -0.382 e. The van der Waals surface area contributed by atoms with Gasteiger partial charge in [-0.25, -0.2) is 0 Å². The minimum absolute atomic E-state index is 0.583. The van der Waals surface area contributed by atoms with Gasteiger partial charge in [-0.15, -0.1) is 0 Å². The second-order valence-corrected chi connectivity index (χ2v) is 5.46. The first kappa shape index (κ1) is 12.1. The van der Waals surface area contributed by atoms with Gasteiger partial charge in [-0.1, -0.05) is 36.5 Å². The van der Waals surface area contributed by atoms with Gasteiger partial charge in [0, 0.05) is 21.8 Å². The fraction of sp³-hybridized carbons (Fsp3) is 0.538. The maximum Gasteiger partial charge on any atom is 0.0441 e. The van der Waals surface area contributed by atoms with E-state index in [1.54, 1.807) is 6.07 Å². The van der Waals surface area contributed by atoms with Gasteiger partial charge in [-0.2, -0.15) is 0 Å². The molecule has 1 saturated carbocycles. The van der Waals surface area contributed by atoms with Crippen LogP contribution in [-0.2, 0) is 0 Å². The van der Waals surface area contributed by atoms with E-state index in [-0.39, 0.29) is 0 Å². The van der Waals surface area contributed by atoms with E-state index in [1.807, 2.05) is 12.1 Å². The molecule has 0 spiro atoms. The molecule has 1 N–H and O–H groups in total. The first-order valence-corrected chi connectivity index (χ1v) is 6.65. The predicted molar refractivity (Wildman–Crippen MR) is 71.5 cm³/mol. The largest absolute Gasteiger partial charge is 0.382 e. The van der Waals surface area contributed by atoms with Crippen LogP contribution in [-0.4, -0.2) is 6.04 Å². The Morgan fingerprint density at radius 1 is 1.19 bits per heavy atom. The van der Waals surface area contributed by atoms with E-state index in [0.717, 1.165) is 11.6 Å². The second-order valence-electron chi connectivity index (χ2n) is 4.59. The lowest BCUT2D eigenvalue weighted by Gasteiger charge is -2.14. The summed E-state index contributed by atoms with van der Waals surface area (Å²) in [6.45, 7) is 2.27. The molecule has 2 atom stereocenters. The molecule has 0 aliphatic heterocycles. The molecule has 1 aliphatic carbocycles. The highest BCUT2D eigenvalue weighted by atomic mass is 35.5. The van der Waals surface area contributed by atoms with Crippen LogP contribution in [0.4, 0.5) is 5.69 Å². The van der Waals surface area contributed by atoms with Crippen molar-refractivity contribution in [2.24, 2.45) is 5.92 Å². The van der Waals surface area contributed by atoms with Gasteiger partial charge in [-0.05, 0) is 43.4 Å². The molecule has 1 fully saturated rings. The summed E-state index contributed by atoms with van der Waals surface area (Å²) in [5.41, 5.74) is 1.04. The average molecular weight is 258 g/mol. The number of nitrogens with one attached hydrogen (secondary N) is 1. The molecule has 88 valence electrons. The van der Waals surface area contributed by atoms with Gasteiger partial charge in [0.25, 0.3) is 0 Å². The lowest BCUT2D eigenvalue weighted by Crippen LogP contribution is -2.15. The molecule has 1 aromatic rings. The first-order chi connectivity index (χ1) is 7.67. The zero-order valence-corrected chi connectivity index (χ0v) is 11.0. The fourth-order valence-corrected chi connectivity index (χ4v) is 2.98. The molecule has 1 aromatic carbocycles. The number of anilines is 1. The van der Waals surface area contributed by atoms with Crippen LogP contribution in [0, 0.1) is 5.92 Å². The summed E-state index contributed by atoms with van der Waals surface area (Å²) in [5, 5.41) is 4.91. The van der Waals surface area contributed by atoms with Crippen molar-refractivity contribution >= 4 is 28.9 Å². The molecule has 0 amide bonds. The Labute approximate surface area is 107 Å². The molecule has 0 aromatic heterocycles. The van der Waals surface area contributed by atoms with Crippen LogP contribution in [0.25, 0.3) is 0 Å². The van der Waals surface area contributed by atoms with Crippen LogP contribution >= 0.6 is 23.2 Å². The van der Waals surface area contributed by atoms with E-state index in [9.17, 15) is 0 Å². The number of rotatable bonds is 3. The molecular weight excluding hydrogens is 241 g/mol. The Kier molecular flexibility index (Phi) is 3.99. The normalized spacial score (nSPS) is 24.7. The highest BCUT2D eigenvalue weighted by molar-refractivity contribution is 6.35. The van der Waals surface area contributed by atoms with Gasteiger partial charge in [0.1, 0.15) is 0 Å². The zero-order valence-electron chi connectivity index (χ0n) is 9.47. The van der Waals surface area contributed by atoms with Crippen LogP contribution in [0.5, 0.6) is 0 Å². The number of halogens is 2. The molecule has 2 rings (SSSR count). The molecule has 1 aliphatic rings. The molecule has 1 nitrogen and oxygen atoms in total. The third-order valence-electron chi connectivity index (χ3n) is 3.35. The highest BCUT2D eigenvalue weighted by Gasteiger charge is 2.22. The Morgan fingerprint density at radius 3 is 2.44 bits per heavy atom. The zero-order chi connectivity index (χ0) is 11.5. The smallest absolute Gasteiger partial charge is 0.0441 e. The van der Waals surface area contributed by atoms with Crippen LogP contribution in [0.2, 0.25) is 10.0 Å². The summed E-state index contributed by atoms with van der Waals surface area (Å²) in [7, 11) is 0. The Balaban J connectivity index is 1.99. The predicted octanol–water partition coefficient (Wildman–Crippen LogP) is 4.98. The van der Waals surface area contributed by atoms with Crippen LogP contribution in [0.3, 0.4) is 0 Å². The Morgan fingerprint density at radius 2 is 1.88 bits per heavy atom. The van der Waals surface area contributed by atoms with Crippen molar-refractivity contribution in [3.8, 4) is 0 Å². The highest BCUT2D eigenvalue weighted by Crippen LogP contribution is 2.31. The van der Waals surface area contributed by atoms with Crippen molar-refractivity contribution in [2.75, 3.05) is 5.32 Å². The van der Waals surface area contributed by atoms with E-state index in [0.29, 0.717) is 16.1 Å². The quantitative estimate of drug-likeness (QED) is 0.805. The molecule has 16 heavy (non-hydrogen) atoms. The van der Waals surface area contributed by atoms with Gasteiger partial charge < -0.3 is 5.32 Å². The Hall–Kier alpha value is -0.400. The van der Waals surface area contributed by atoms with Gasteiger partial charge >= 0.3 is 0 Å². The lowest BCUT2D eigenvalue weighted by atomic mass is 10.1. The van der Waals surface area contributed by atoms with Crippen molar-refractivity contribution < 1.29 is 0 Å². The second kappa shape index (κ2) is 5.29. The Bertz CT molecular complexity index is 345. The van der Waals surface area contributed by atoms with Crippen molar-refractivity contribution in [3.63, 3.8) is 0 Å². The SMILES string of the molecule is CCC1CCC(Nc2cc(Cl)cc(Cl)c2)C1. The standard InChI is InChI=1S/C13H17Cl2N/c1-2-9-3-4-12(5-9)16-13-7-10(14)6-11(15)8-13/h6-9,12,16H,2-5H2,1H3. The summed E-state index contributed by atoms with van der Waals surface area (Å²) >= 11 is 11.9. The van der Waals surface area contributed by atoms with Gasteiger partial charge in [0.2, 0.25) is 0 Å². The van der Waals surface area contributed by atoms with E-state index >= 15 is 0 Å². The van der Waals surface area contributed by atoms with Crippen molar-refractivity contribution in [1.29, 1.82) is 0 Å². The number of hydrogen-bond acceptors (Lipinski definition) is 1. The molecular formula is C13H17Cl2N. The van der Waals surface area contributed by atoms with E-state index in [2.05, 4.69) is 12.2 Å². The molecule has 2 unspecified atom stereocenters. The van der Waals surface area contributed by atoms with Crippen LogP contribution in [0.15, 0.2) is 18.2 Å². The average Bonchev–Trinajstić information content (AvgIpc) is 2.64. The topological polar surface area (TPSA) is 12.0 Å². The molecule has 0 heterocycles. The summed E-state index contributed by atoms with van der Waals surface area (Å²) in [6.07, 6.45) is 5.14. The van der Waals surface area contributed by atoms with E-state index < -0.39 is 0 Å². The first-order valence-electron chi connectivity index (χ1n) is 5.90. The maximum atomic E-state index is 5.97. The summed E-state index contributed by atoms with van der Waals surface area (Å²) in [4.78, 5) is 0. The summed E-state index contributed by atoms with van der Waals surface area (Å²) < 4.78 is 0. The van der Waals surface area contributed by atoms with Crippen molar-refractivity contribution in [2.45, 2.75) is 38.6 Å². The lowest BCUT2D eigenvalue weighted by molar-refractivity contribution is 0.525. The summed E-state index contributed by atoms with van der Waals surface area (Å²) in [6, 6.07) is 6.22. The van der Waals surface area contributed by atoms with Crippen molar-refractivity contribution in [1.82, 2.24) is 0 Å². The van der Waals surface area contributed by atoms with Crippen LogP contribution < -0.4 is 5.32 Å². The monoisotopic (exact) mass is 257 g/mol. The molecule has 0 bridgehead atoms. The van der Waals surface area contributed by atoms with Gasteiger partial charge in [0.15, 0.2) is 0 Å². The minimum atomic E-state index is 0.583. The molecule has 3 heteroatoms. The van der Waals surface area contributed by atoms with E-state index in [1.165, 1.54) is 25.7 Å². The third kappa shape index (κ3) is 3.05. The third-order valence-corrected chi connectivity index (χ3v) is 3.79.